The molecule has 0 spiro atoms. The Morgan fingerprint density at radius 1 is 0.355 bits per heavy atom. The molecule has 0 amide bonds. The normalized spacial score (nSPS) is 12.4. The molecule has 0 aliphatic carbocycles. The van der Waals surface area contributed by atoms with Crippen LogP contribution in [0.3, 0.4) is 0 Å². The summed E-state index contributed by atoms with van der Waals surface area (Å²) in [5.41, 5.74) is 8.11. The third-order valence-corrected chi connectivity index (χ3v) is 11.5. The first-order valence-electron chi connectivity index (χ1n) is 20.8. The van der Waals surface area contributed by atoms with Gasteiger partial charge in [0.05, 0.1) is 0 Å². The number of H-pyrrole nitrogens is 2. The van der Waals surface area contributed by atoms with E-state index in [9.17, 15) is 0 Å². The molecule has 0 saturated carbocycles. The number of benzene rings is 6. The summed E-state index contributed by atoms with van der Waals surface area (Å²) < 4.78 is 13.5. The molecule has 8 bridgehead atoms. The predicted molar refractivity (Wildman–Crippen MR) is 246 cm³/mol. The van der Waals surface area contributed by atoms with E-state index in [1.165, 1.54) is 11.1 Å². The van der Waals surface area contributed by atoms with Crippen molar-refractivity contribution in [3.63, 3.8) is 0 Å². The Balaban J connectivity index is 1.18. The van der Waals surface area contributed by atoms with Gasteiger partial charge in [-0.15, -0.1) is 0 Å². The van der Waals surface area contributed by atoms with Crippen molar-refractivity contribution in [2.75, 3.05) is 0 Å². The number of fused-ring (bicyclic) bond motifs is 20. The molecule has 3 aromatic heterocycles. The number of aromatic nitrogens is 8. The molecule has 10 heteroatoms. The number of aromatic amines is 2. The van der Waals surface area contributed by atoms with Crippen molar-refractivity contribution in [2.45, 2.75) is 52.4 Å². The van der Waals surface area contributed by atoms with Crippen molar-refractivity contribution in [3.8, 4) is 68.5 Å². The van der Waals surface area contributed by atoms with Gasteiger partial charge in [0.2, 0.25) is 0 Å². The van der Waals surface area contributed by atoms with Gasteiger partial charge in [-0.05, 0) is 58.4 Å². The maximum Gasteiger partial charge on any atom is 0.170 e. The Morgan fingerprint density at radius 3 is 0.984 bits per heavy atom. The van der Waals surface area contributed by atoms with E-state index in [0.717, 1.165) is 43.8 Å². The average Bonchev–Trinajstić information content (AvgIpc) is 3.99. The van der Waals surface area contributed by atoms with E-state index in [1.807, 2.05) is 109 Å². The van der Waals surface area contributed by atoms with E-state index in [4.69, 9.17) is 39.4 Å². The van der Waals surface area contributed by atoms with Crippen LogP contribution in [0.25, 0.3) is 89.7 Å². The van der Waals surface area contributed by atoms with Crippen LogP contribution in [-0.2, 0) is 10.8 Å². The van der Waals surface area contributed by atoms with Crippen LogP contribution in [0.2, 0.25) is 0 Å². The van der Waals surface area contributed by atoms with Crippen molar-refractivity contribution in [1.29, 1.82) is 0 Å². The molecule has 0 radical (unpaired) electrons. The minimum Gasteiger partial charge on any atom is -0.453 e. The molecule has 0 fully saturated rings. The molecule has 2 aliphatic heterocycles. The number of nitrogens with zero attached hydrogens (tertiary/aromatic N) is 6. The van der Waals surface area contributed by atoms with Crippen molar-refractivity contribution in [1.82, 2.24) is 39.9 Å². The molecule has 10 nitrogen and oxygen atoms in total. The van der Waals surface area contributed by atoms with E-state index in [0.29, 0.717) is 68.9 Å². The van der Waals surface area contributed by atoms with Gasteiger partial charge in [0.15, 0.2) is 34.8 Å². The van der Waals surface area contributed by atoms with Crippen LogP contribution in [0.1, 0.15) is 52.7 Å². The second-order valence-electron chi connectivity index (χ2n) is 17.8. The van der Waals surface area contributed by atoms with Gasteiger partial charge < -0.3 is 19.4 Å². The fraction of sp³-hybridized carbons (Fsp3) is 0.154. The van der Waals surface area contributed by atoms with Gasteiger partial charge in [0.1, 0.15) is 34.1 Å². The predicted octanol–water partition coefficient (Wildman–Crippen LogP) is 13.0. The lowest BCUT2D eigenvalue weighted by molar-refractivity contribution is 0.418. The Hall–Kier alpha value is -7.72. The topological polar surface area (TPSA) is 127 Å². The molecule has 2 N–H and O–H groups in total. The zero-order valence-electron chi connectivity index (χ0n) is 35.2. The van der Waals surface area contributed by atoms with Gasteiger partial charge >= 0.3 is 0 Å². The Bertz CT molecular complexity index is 3200. The number of nitrogens with one attached hydrogen (secondary N) is 2. The molecule has 9 aromatic rings. The summed E-state index contributed by atoms with van der Waals surface area (Å²) in [5.74, 6) is 4.38. The highest BCUT2D eigenvalue weighted by Crippen LogP contribution is 2.46. The fourth-order valence-electron chi connectivity index (χ4n) is 8.11. The average molecular weight is 811 g/mol. The summed E-state index contributed by atoms with van der Waals surface area (Å²) in [5, 5.41) is 3.58. The van der Waals surface area contributed by atoms with Gasteiger partial charge in [0, 0.05) is 43.8 Å². The highest BCUT2D eigenvalue weighted by molar-refractivity contribution is 6.06. The minimum absolute atomic E-state index is 0.00917. The van der Waals surface area contributed by atoms with Crippen molar-refractivity contribution in [2.24, 2.45) is 0 Å². The first-order valence-corrected chi connectivity index (χ1v) is 20.8. The maximum absolute atomic E-state index is 6.73. The standard InChI is InChI=1S/C52H42N8O2/c1-51(2,3)29-19-23-31(24-20-29)61-41-27-39-40(28-42(41)62-32-25-21-30(22-26-32)52(4,5)6)50-59-48-38-18-12-10-16-36(38)46(57-48)55-44-34-14-8-7-13-33(34)43(53-44)54-45-35-15-9-11-17-37(35)47(56-45)58-49(39)60-50/h7-28H,1-6H3,(H2,53,54,55,56,57,58,59,60). The Kier molecular flexibility index (Phi) is 8.37. The van der Waals surface area contributed by atoms with Gasteiger partial charge in [-0.1, -0.05) is 139 Å². The monoisotopic (exact) mass is 810 g/mol. The van der Waals surface area contributed by atoms with Crippen LogP contribution in [-0.4, -0.2) is 39.9 Å². The molecule has 11 rings (SSSR count). The maximum atomic E-state index is 6.73. The lowest BCUT2D eigenvalue weighted by Gasteiger charge is -2.20. The number of ether oxygens (including phenoxy) is 2. The van der Waals surface area contributed by atoms with Crippen LogP contribution >= 0.6 is 0 Å². The highest BCUT2D eigenvalue weighted by atomic mass is 16.5. The lowest BCUT2D eigenvalue weighted by Crippen LogP contribution is -2.10. The van der Waals surface area contributed by atoms with Gasteiger partial charge in [-0.25, -0.2) is 29.9 Å². The first kappa shape index (κ1) is 37.3. The minimum atomic E-state index is -0.00917. The second kappa shape index (κ2) is 13.9. The van der Waals surface area contributed by atoms with E-state index in [2.05, 4.69) is 75.8 Å². The largest absolute Gasteiger partial charge is 0.453 e. The van der Waals surface area contributed by atoms with Crippen LogP contribution < -0.4 is 9.47 Å². The van der Waals surface area contributed by atoms with Crippen LogP contribution in [0.15, 0.2) is 133 Å². The molecule has 0 unspecified atom stereocenters. The molecule has 302 valence electrons. The highest BCUT2D eigenvalue weighted by Gasteiger charge is 2.26. The summed E-state index contributed by atoms with van der Waals surface area (Å²) >= 11 is 0. The quantitative estimate of drug-likeness (QED) is 0.180. The molecule has 5 heterocycles. The smallest absolute Gasteiger partial charge is 0.170 e. The summed E-state index contributed by atoms with van der Waals surface area (Å²) in [4.78, 5) is 38.0. The number of rotatable bonds is 4. The third-order valence-electron chi connectivity index (χ3n) is 11.5. The Morgan fingerprint density at radius 2 is 0.661 bits per heavy atom. The summed E-state index contributed by atoms with van der Waals surface area (Å²) in [6.45, 7) is 13.2. The Labute approximate surface area is 357 Å². The van der Waals surface area contributed by atoms with Crippen molar-refractivity contribution < 1.29 is 9.47 Å². The molecular formula is C52H42N8O2. The summed E-state index contributed by atoms with van der Waals surface area (Å²) in [6, 6.07) is 44.5. The SMILES string of the molecule is CC(C)(C)c1ccc(Oc2cc3c(cc2Oc2ccc(C(C)(C)C)cc2)-c2nc-3nc3[nH]c(nc4nc(nc5[nH]c(n2)c2ccccc52)-c2ccccc2-4)c2ccccc32)cc1. The molecule has 2 aliphatic rings. The number of hydrogen-bond acceptors (Lipinski definition) is 8. The molecule has 0 atom stereocenters. The van der Waals surface area contributed by atoms with Gasteiger partial charge in [0.25, 0.3) is 0 Å². The van der Waals surface area contributed by atoms with Crippen molar-refractivity contribution in [3.05, 3.63) is 145 Å². The zero-order valence-corrected chi connectivity index (χ0v) is 35.2. The third kappa shape index (κ3) is 6.51. The first-order chi connectivity index (χ1) is 29.9. The zero-order chi connectivity index (χ0) is 42.3. The van der Waals surface area contributed by atoms with Crippen LogP contribution in [0.5, 0.6) is 23.0 Å². The van der Waals surface area contributed by atoms with Gasteiger partial charge in [-0.3, -0.25) is 0 Å². The van der Waals surface area contributed by atoms with Crippen molar-refractivity contribution >= 4 is 44.1 Å². The lowest BCUT2D eigenvalue weighted by atomic mass is 9.87. The van der Waals surface area contributed by atoms with Crippen LogP contribution in [0, 0.1) is 0 Å². The summed E-state index contributed by atoms with van der Waals surface area (Å²) in [7, 11) is 0. The number of hydrogen-bond donors (Lipinski definition) is 2. The van der Waals surface area contributed by atoms with E-state index in [-0.39, 0.29) is 10.8 Å². The summed E-state index contributed by atoms with van der Waals surface area (Å²) in [6.07, 6.45) is 0. The molecule has 6 aromatic carbocycles. The van der Waals surface area contributed by atoms with Gasteiger partial charge in [-0.2, -0.15) is 0 Å². The van der Waals surface area contributed by atoms with Crippen LogP contribution in [0.4, 0.5) is 0 Å². The van der Waals surface area contributed by atoms with E-state index in [1.54, 1.807) is 0 Å². The van der Waals surface area contributed by atoms with E-state index < -0.39 is 0 Å². The molecule has 62 heavy (non-hydrogen) atoms. The molecule has 0 saturated heterocycles. The fourth-order valence-corrected chi connectivity index (χ4v) is 8.11. The van der Waals surface area contributed by atoms with E-state index >= 15 is 0 Å². The second-order valence-corrected chi connectivity index (χ2v) is 17.8. The molecular weight excluding hydrogens is 769 g/mol.